The second-order valence-corrected chi connectivity index (χ2v) is 5.89. The number of anilines is 1. The largest absolute Gasteiger partial charge is 0.493 e. The van der Waals surface area contributed by atoms with Crippen molar-refractivity contribution in [3.05, 3.63) is 54.3 Å². The van der Waals surface area contributed by atoms with Crippen LogP contribution in [0.3, 0.4) is 0 Å². The van der Waals surface area contributed by atoms with Crippen molar-refractivity contribution in [1.82, 2.24) is 5.32 Å². The van der Waals surface area contributed by atoms with Crippen molar-refractivity contribution >= 4 is 17.5 Å². The smallest absolute Gasteiger partial charge is 0.258 e. The molecule has 1 atom stereocenters. The first-order valence-corrected chi connectivity index (χ1v) is 8.18. The first kappa shape index (κ1) is 17.7. The molecule has 0 aromatic heterocycles. The van der Waals surface area contributed by atoms with Gasteiger partial charge < -0.3 is 19.7 Å². The summed E-state index contributed by atoms with van der Waals surface area (Å²) >= 11 is 0. The van der Waals surface area contributed by atoms with Gasteiger partial charge >= 0.3 is 0 Å². The molecule has 7 heteroatoms. The van der Waals surface area contributed by atoms with Gasteiger partial charge in [-0.25, -0.2) is 4.39 Å². The lowest BCUT2D eigenvalue weighted by Gasteiger charge is -2.17. The molecule has 136 valence electrons. The number of carbonyl (C=O) groups excluding carboxylic acids is 2. The highest BCUT2D eigenvalue weighted by atomic mass is 19.1. The topological polar surface area (TPSA) is 67.9 Å². The third-order valence-electron chi connectivity index (χ3n) is 4.04. The van der Waals surface area contributed by atoms with Crippen LogP contribution in [0.15, 0.2) is 48.5 Å². The van der Waals surface area contributed by atoms with Gasteiger partial charge in [-0.05, 0) is 30.3 Å². The van der Waals surface area contributed by atoms with Gasteiger partial charge in [0.1, 0.15) is 5.82 Å². The van der Waals surface area contributed by atoms with Gasteiger partial charge in [0.05, 0.1) is 13.2 Å². The molecule has 0 spiro atoms. The van der Waals surface area contributed by atoms with E-state index in [0.717, 1.165) is 0 Å². The van der Waals surface area contributed by atoms with Crippen molar-refractivity contribution in [2.75, 3.05) is 25.2 Å². The third-order valence-corrected chi connectivity index (χ3v) is 4.04. The Labute approximate surface area is 150 Å². The fraction of sp³-hybridized carbons (Fsp3) is 0.263. The average Bonchev–Trinajstić information content (AvgIpc) is 3.00. The third kappa shape index (κ3) is 4.11. The molecule has 0 bridgehead atoms. The molecule has 1 unspecified atom stereocenters. The predicted octanol–water partition coefficient (Wildman–Crippen LogP) is 2.13. The average molecular weight is 358 g/mol. The molecule has 1 N–H and O–H groups in total. The lowest BCUT2D eigenvalue weighted by atomic mass is 10.2. The number of para-hydroxylation sites is 2. The van der Waals surface area contributed by atoms with Crippen molar-refractivity contribution in [1.29, 1.82) is 0 Å². The Hall–Kier alpha value is -3.09. The van der Waals surface area contributed by atoms with Crippen LogP contribution in [0.4, 0.5) is 10.1 Å². The van der Waals surface area contributed by atoms with Crippen LogP contribution in [0.2, 0.25) is 0 Å². The monoisotopic (exact) mass is 358 g/mol. The Morgan fingerprint density at radius 1 is 1.23 bits per heavy atom. The Balaban J connectivity index is 1.54. The number of hydrogen-bond donors (Lipinski definition) is 1. The summed E-state index contributed by atoms with van der Waals surface area (Å²) in [6.07, 6.45) is 0.164. The number of methoxy groups -OCH3 is 1. The van der Waals surface area contributed by atoms with Crippen LogP contribution in [-0.4, -0.2) is 38.1 Å². The lowest BCUT2D eigenvalue weighted by Crippen LogP contribution is -2.39. The van der Waals surface area contributed by atoms with E-state index in [0.29, 0.717) is 23.7 Å². The number of benzene rings is 2. The van der Waals surface area contributed by atoms with E-state index in [-0.39, 0.29) is 30.9 Å². The van der Waals surface area contributed by atoms with Crippen molar-refractivity contribution in [2.24, 2.45) is 0 Å². The minimum absolute atomic E-state index is 0.161. The number of rotatable bonds is 6. The molecule has 0 aliphatic carbocycles. The maximum absolute atomic E-state index is 13.3. The van der Waals surface area contributed by atoms with Crippen LogP contribution in [0.25, 0.3) is 0 Å². The fourth-order valence-corrected chi connectivity index (χ4v) is 2.85. The normalized spacial score (nSPS) is 16.5. The van der Waals surface area contributed by atoms with E-state index in [1.165, 1.54) is 24.1 Å². The lowest BCUT2D eigenvalue weighted by molar-refractivity contribution is -0.123. The summed E-state index contributed by atoms with van der Waals surface area (Å²) in [5.41, 5.74) is 0.483. The summed E-state index contributed by atoms with van der Waals surface area (Å²) in [4.78, 5) is 25.7. The maximum Gasteiger partial charge on any atom is 0.258 e. The number of carbonyl (C=O) groups is 2. The molecule has 2 amide bonds. The Bertz CT molecular complexity index is 812. The van der Waals surface area contributed by atoms with E-state index in [1.54, 1.807) is 36.4 Å². The summed E-state index contributed by atoms with van der Waals surface area (Å²) in [6.45, 7) is 0.105. The van der Waals surface area contributed by atoms with Crippen LogP contribution >= 0.6 is 0 Å². The van der Waals surface area contributed by atoms with Gasteiger partial charge in [0.2, 0.25) is 5.91 Å². The van der Waals surface area contributed by atoms with Crippen LogP contribution in [0, 0.1) is 5.82 Å². The van der Waals surface area contributed by atoms with Crippen molar-refractivity contribution in [3.8, 4) is 11.5 Å². The Kier molecular flexibility index (Phi) is 5.36. The standard InChI is InChI=1S/C19H19FN2O4/c1-25-16-7-2-3-8-17(16)26-12-18(23)21-14-10-19(24)22(11-14)15-6-4-5-13(20)9-15/h2-9,14H,10-12H2,1H3,(H,21,23). The molecule has 1 aliphatic heterocycles. The summed E-state index contributed by atoms with van der Waals surface area (Å²) in [5.74, 6) is 0.0944. The van der Waals surface area contributed by atoms with Gasteiger partial charge in [0, 0.05) is 18.7 Å². The van der Waals surface area contributed by atoms with Gasteiger partial charge in [0.15, 0.2) is 18.1 Å². The van der Waals surface area contributed by atoms with E-state index in [2.05, 4.69) is 5.32 Å². The highest BCUT2D eigenvalue weighted by molar-refractivity contribution is 5.96. The van der Waals surface area contributed by atoms with Gasteiger partial charge in [-0.1, -0.05) is 18.2 Å². The van der Waals surface area contributed by atoms with E-state index >= 15 is 0 Å². The number of amides is 2. The molecule has 1 heterocycles. The number of halogens is 1. The van der Waals surface area contributed by atoms with Crippen molar-refractivity contribution in [2.45, 2.75) is 12.5 Å². The van der Waals surface area contributed by atoms with Gasteiger partial charge in [-0.15, -0.1) is 0 Å². The predicted molar refractivity (Wildman–Crippen MR) is 93.8 cm³/mol. The quantitative estimate of drug-likeness (QED) is 0.859. The first-order chi connectivity index (χ1) is 12.6. The summed E-state index contributed by atoms with van der Waals surface area (Å²) in [5, 5.41) is 2.77. The highest BCUT2D eigenvalue weighted by Crippen LogP contribution is 2.26. The zero-order chi connectivity index (χ0) is 18.5. The Morgan fingerprint density at radius 2 is 2.00 bits per heavy atom. The van der Waals surface area contributed by atoms with E-state index in [4.69, 9.17) is 9.47 Å². The molecule has 1 aliphatic rings. The molecule has 1 fully saturated rings. The summed E-state index contributed by atoms with van der Waals surface area (Å²) < 4.78 is 24.0. The van der Waals surface area contributed by atoms with Gasteiger partial charge in [0.25, 0.3) is 5.91 Å². The fourth-order valence-electron chi connectivity index (χ4n) is 2.85. The van der Waals surface area contributed by atoms with E-state index in [9.17, 15) is 14.0 Å². The van der Waals surface area contributed by atoms with Crippen LogP contribution in [-0.2, 0) is 9.59 Å². The number of nitrogens with one attached hydrogen (secondary N) is 1. The molecule has 1 saturated heterocycles. The summed E-state index contributed by atoms with van der Waals surface area (Å²) in [7, 11) is 1.52. The zero-order valence-electron chi connectivity index (χ0n) is 14.3. The Morgan fingerprint density at radius 3 is 2.73 bits per heavy atom. The number of hydrogen-bond acceptors (Lipinski definition) is 4. The molecule has 26 heavy (non-hydrogen) atoms. The first-order valence-electron chi connectivity index (χ1n) is 8.18. The second kappa shape index (κ2) is 7.86. The van der Waals surface area contributed by atoms with Crippen LogP contribution in [0.1, 0.15) is 6.42 Å². The number of ether oxygens (including phenoxy) is 2. The van der Waals surface area contributed by atoms with Crippen LogP contribution < -0.4 is 19.7 Å². The molecule has 3 rings (SSSR count). The molecule has 2 aromatic rings. The maximum atomic E-state index is 13.3. The van der Waals surface area contributed by atoms with Crippen molar-refractivity contribution in [3.63, 3.8) is 0 Å². The molecule has 6 nitrogen and oxygen atoms in total. The van der Waals surface area contributed by atoms with Gasteiger partial charge in [-0.2, -0.15) is 0 Å². The SMILES string of the molecule is COc1ccccc1OCC(=O)NC1CC(=O)N(c2cccc(F)c2)C1. The molecule has 0 saturated carbocycles. The second-order valence-electron chi connectivity index (χ2n) is 5.89. The van der Waals surface area contributed by atoms with Gasteiger partial charge in [-0.3, -0.25) is 9.59 Å². The highest BCUT2D eigenvalue weighted by Gasteiger charge is 2.31. The number of nitrogens with zero attached hydrogens (tertiary/aromatic N) is 1. The molecule has 2 aromatic carbocycles. The molecular weight excluding hydrogens is 339 g/mol. The minimum Gasteiger partial charge on any atom is -0.493 e. The molecular formula is C19H19FN2O4. The molecule has 0 radical (unpaired) electrons. The minimum atomic E-state index is -0.409. The van der Waals surface area contributed by atoms with E-state index in [1.807, 2.05) is 0 Å². The van der Waals surface area contributed by atoms with Crippen LogP contribution in [0.5, 0.6) is 11.5 Å². The van der Waals surface area contributed by atoms with E-state index < -0.39 is 5.82 Å². The van der Waals surface area contributed by atoms with Crippen molar-refractivity contribution < 1.29 is 23.5 Å². The zero-order valence-corrected chi connectivity index (χ0v) is 14.3. The summed E-state index contributed by atoms with van der Waals surface area (Å²) in [6, 6.07) is 12.5.